The molecule has 0 saturated carbocycles. The lowest BCUT2D eigenvalue weighted by Gasteiger charge is -2.35. The zero-order valence-corrected chi connectivity index (χ0v) is 45.3. The van der Waals surface area contributed by atoms with E-state index >= 15 is 0 Å². The highest BCUT2D eigenvalue weighted by atomic mass is 35.5. The number of aliphatic hydroxyl groups is 1. The molecule has 1 saturated heterocycles. The van der Waals surface area contributed by atoms with E-state index in [0.717, 1.165) is 33.8 Å². The lowest BCUT2D eigenvalue weighted by Crippen LogP contribution is -2.58. The van der Waals surface area contributed by atoms with Gasteiger partial charge >= 0.3 is 12.2 Å². The molecule has 4 atom stereocenters. The number of urea groups is 1. The minimum absolute atomic E-state index is 0.0141. The minimum atomic E-state index is -4.69. The topological polar surface area (TPSA) is 241 Å². The summed E-state index contributed by atoms with van der Waals surface area (Å²) in [4.78, 5) is 76.7. The average molecular weight is 1130 g/mol. The van der Waals surface area contributed by atoms with E-state index < -0.39 is 64.1 Å². The highest BCUT2D eigenvalue weighted by Crippen LogP contribution is 2.36. The smallest absolute Gasteiger partial charge is 0.417 e. The molecule has 2 aromatic heterocycles. The maximum atomic E-state index is 14.0. The van der Waals surface area contributed by atoms with E-state index in [9.17, 15) is 42.3 Å². The first-order chi connectivity index (χ1) is 37.2. The van der Waals surface area contributed by atoms with E-state index in [0.29, 0.717) is 30.4 Å². The first-order valence-corrected chi connectivity index (χ1v) is 26.3. The van der Waals surface area contributed by atoms with Crippen molar-refractivity contribution >= 4 is 64.0 Å². The number of hydrogen-bond donors (Lipinski definition) is 6. The van der Waals surface area contributed by atoms with E-state index in [2.05, 4.69) is 36.6 Å². The molecule has 6 amide bonds. The molecule has 1 unspecified atom stereocenters. The summed E-state index contributed by atoms with van der Waals surface area (Å²) in [5.41, 5.74) is 3.21. The second-order valence-corrected chi connectivity index (χ2v) is 20.4. The second kappa shape index (κ2) is 28.8. The largest absolute Gasteiger partial charge is 0.457 e. The fourth-order valence-electron chi connectivity index (χ4n) is 7.96. The zero-order chi connectivity index (χ0) is 56.4. The Balaban J connectivity index is 0.785. The van der Waals surface area contributed by atoms with Gasteiger partial charge in [0.25, 0.3) is 5.91 Å². The van der Waals surface area contributed by atoms with Gasteiger partial charge in [0.15, 0.2) is 0 Å². The van der Waals surface area contributed by atoms with Crippen LogP contribution in [-0.2, 0) is 39.5 Å². The first-order valence-electron chi connectivity index (χ1n) is 25.0. The summed E-state index contributed by atoms with van der Waals surface area (Å²) < 4.78 is 67.6. The number of carbonyl (C=O) groups excluding carboxylic acids is 5. The monoisotopic (exact) mass is 1120 g/mol. The number of nitrogens with one attached hydrogen (secondary N) is 5. The van der Waals surface area contributed by atoms with Crippen molar-refractivity contribution in [3.8, 4) is 21.9 Å². The SMILES string of the molecule is Cc1ncsc1-c1ccc([C@H](C)NC(=O)[C@@H]2C[C@H](O)CN2C(=O)C(NC(=O)CCOCCOCCOCCOCCNC(=O)c2cc(Oc3ccc(NC(=O)Nc4ccc(Cl)c(C(F)(F)F)c4)cc3)ccn2)C(C)(C)C)cc1. The maximum Gasteiger partial charge on any atom is 0.417 e. The minimum Gasteiger partial charge on any atom is -0.457 e. The predicted molar refractivity (Wildman–Crippen MR) is 286 cm³/mol. The van der Waals surface area contributed by atoms with Crippen molar-refractivity contribution in [1.29, 1.82) is 0 Å². The fourth-order valence-corrected chi connectivity index (χ4v) is 8.99. The molecule has 0 bridgehead atoms. The lowest BCUT2D eigenvalue weighted by atomic mass is 9.85. The van der Waals surface area contributed by atoms with E-state index in [-0.39, 0.29) is 88.9 Å². The van der Waals surface area contributed by atoms with E-state index in [1.165, 1.54) is 35.4 Å². The molecule has 24 heteroatoms. The van der Waals surface area contributed by atoms with Crippen LogP contribution in [0.2, 0.25) is 5.02 Å². The zero-order valence-electron chi connectivity index (χ0n) is 43.7. The van der Waals surface area contributed by atoms with Crippen molar-refractivity contribution in [2.45, 2.75) is 77.9 Å². The van der Waals surface area contributed by atoms with Crippen LogP contribution in [0.1, 0.15) is 73.9 Å². The van der Waals surface area contributed by atoms with Gasteiger partial charge in [0.1, 0.15) is 29.3 Å². The molecular formula is C54H64ClF3N8O11S. The van der Waals surface area contributed by atoms with E-state index in [1.807, 2.05) is 58.9 Å². The van der Waals surface area contributed by atoms with Gasteiger partial charge in [0, 0.05) is 49.6 Å². The number of ether oxygens (including phenoxy) is 5. The number of rotatable bonds is 26. The van der Waals surface area contributed by atoms with Crippen molar-refractivity contribution in [1.82, 2.24) is 30.8 Å². The third-order valence-electron chi connectivity index (χ3n) is 12.0. The van der Waals surface area contributed by atoms with Gasteiger partial charge < -0.3 is 60.3 Å². The Hall–Kier alpha value is -6.73. The number of hydrogen-bond acceptors (Lipinski definition) is 14. The number of aliphatic hydroxyl groups excluding tert-OH is 1. The molecule has 0 spiro atoms. The Morgan fingerprint density at radius 2 is 1.42 bits per heavy atom. The van der Waals surface area contributed by atoms with Gasteiger partial charge in [-0.1, -0.05) is 56.6 Å². The summed E-state index contributed by atoms with van der Waals surface area (Å²) in [5.74, 6) is -1.01. The van der Waals surface area contributed by atoms with Crippen LogP contribution in [0.4, 0.5) is 29.3 Å². The predicted octanol–water partition coefficient (Wildman–Crippen LogP) is 8.18. The number of anilines is 2. The van der Waals surface area contributed by atoms with Crippen LogP contribution in [-0.4, -0.2) is 134 Å². The molecular weight excluding hydrogens is 1060 g/mol. The fraction of sp³-hybridized carbons (Fsp3) is 0.426. The molecule has 5 aromatic rings. The summed E-state index contributed by atoms with van der Waals surface area (Å²) in [6.45, 7) is 11.4. The highest BCUT2D eigenvalue weighted by molar-refractivity contribution is 7.13. The van der Waals surface area contributed by atoms with Crippen LogP contribution in [0, 0.1) is 12.3 Å². The molecule has 1 aliphatic rings. The molecule has 6 N–H and O–H groups in total. The maximum absolute atomic E-state index is 14.0. The number of nitrogens with zero attached hydrogens (tertiary/aromatic N) is 3. The number of aryl methyl sites for hydroxylation is 1. The number of amides is 6. The number of likely N-dealkylation sites (tertiary alicyclic amines) is 1. The Morgan fingerprint density at radius 1 is 0.795 bits per heavy atom. The summed E-state index contributed by atoms with van der Waals surface area (Å²) in [7, 11) is 0. The molecule has 6 rings (SSSR count). The summed E-state index contributed by atoms with van der Waals surface area (Å²) >= 11 is 7.20. The first kappa shape index (κ1) is 60.5. The Labute approximate surface area is 458 Å². The summed E-state index contributed by atoms with van der Waals surface area (Å²) in [6, 6.07) is 17.0. The van der Waals surface area contributed by atoms with Crippen LogP contribution >= 0.6 is 22.9 Å². The number of carbonyl (C=O) groups is 5. The number of aromatic nitrogens is 2. The summed E-state index contributed by atoms with van der Waals surface area (Å²) in [5, 5.41) is 23.5. The quantitative estimate of drug-likeness (QED) is 0.0287. The van der Waals surface area contributed by atoms with Crippen molar-refractivity contribution < 1.29 is 65.9 Å². The summed E-state index contributed by atoms with van der Waals surface area (Å²) in [6.07, 6.45) is -4.12. The van der Waals surface area contributed by atoms with Gasteiger partial charge in [-0.25, -0.2) is 9.78 Å². The van der Waals surface area contributed by atoms with Crippen LogP contribution in [0.3, 0.4) is 0 Å². The van der Waals surface area contributed by atoms with Crippen molar-refractivity contribution in [3.05, 3.63) is 118 Å². The number of β-amino-alcohol motifs (C(OH)–C–C–N with tert-alkyl or cyclic N) is 1. The number of thiazole rings is 1. The van der Waals surface area contributed by atoms with Crippen LogP contribution in [0.5, 0.6) is 11.5 Å². The van der Waals surface area contributed by atoms with Gasteiger partial charge in [0.05, 0.1) is 91.7 Å². The number of benzene rings is 3. The molecule has 420 valence electrons. The Morgan fingerprint density at radius 3 is 2.05 bits per heavy atom. The molecule has 19 nitrogen and oxygen atoms in total. The molecule has 78 heavy (non-hydrogen) atoms. The average Bonchev–Trinajstić information content (AvgIpc) is 4.02. The normalized spacial score (nSPS) is 15.3. The van der Waals surface area contributed by atoms with Gasteiger partial charge in [-0.15, -0.1) is 11.3 Å². The van der Waals surface area contributed by atoms with Crippen LogP contribution in [0.25, 0.3) is 10.4 Å². The van der Waals surface area contributed by atoms with Crippen molar-refractivity contribution in [2.75, 3.05) is 76.6 Å². The Bertz CT molecular complexity index is 2800. The van der Waals surface area contributed by atoms with Crippen molar-refractivity contribution in [3.63, 3.8) is 0 Å². The number of pyridine rings is 1. The third-order valence-corrected chi connectivity index (χ3v) is 13.3. The lowest BCUT2D eigenvalue weighted by molar-refractivity contribution is -0.144. The molecule has 1 fully saturated rings. The second-order valence-electron chi connectivity index (χ2n) is 19.1. The van der Waals surface area contributed by atoms with E-state index in [4.69, 9.17) is 35.3 Å². The van der Waals surface area contributed by atoms with Gasteiger partial charge in [-0.05, 0) is 78.9 Å². The third kappa shape index (κ3) is 18.5. The molecule has 0 aliphatic carbocycles. The molecule has 0 radical (unpaired) electrons. The van der Waals surface area contributed by atoms with Gasteiger partial charge in [-0.3, -0.25) is 24.2 Å². The van der Waals surface area contributed by atoms with Gasteiger partial charge in [0.2, 0.25) is 17.7 Å². The Kier molecular flexibility index (Phi) is 22.3. The molecule has 1 aliphatic heterocycles. The molecule has 3 aromatic carbocycles. The molecule has 3 heterocycles. The highest BCUT2D eigenvalue weighted by Gasteiger charge is 2.45. The van der Waals surface area contributed by atoms with Gasteiger partial charge in [-0.2, -0.15) is 13.2 Å². The van der Waals surface area contributed by atoms with Crippen LogP contribution in [0.15, 0.2) is 90.6 Å². The number of alkyl halides is 3. The standard InChI is InChI=1S/C54H64ClF3N8O11S/c1-33(35-6-8-36(9-7-35)47-34(2)61-32-78-47)62-50(70)45-29-39(67)31-66(45)51(71)48(53(3,4)5)65-46(68)17-20-73-22-24-75-26-27-76-25-23-74-21-19-60-49(69)44-30-41(16-18-59-44)77-40-13-10-37(11-14-40)63-52(72)64-38-12-15-43(55)42(28-38)54(56,57)58/h6-16,18,28,30,32-33,39,45,48,67H,17,19-27,29,31H2,1-5H3,(H,60,69)(H,62,70)(H,65,68)(H2,63,64,72)/t33-,39-,45-,48?/m0/s1. The van der Waals surface area contributed by atoms with Crippen LogP contribution < -0.4 is 31.3 Å². The van der Waals surface area contributed by atoms with Crippen molar-refractivity contribution in [2.24, 2.45) is 5.41 Å². The van der Waals surface area contributed by atoms with E-state index in [1.54, 1.807) is 35.0 Å². The number of halogens is 4.